The van der Waals surface area contributed by atoms with E-state index in [1.807, 2.05) is 0 Å². The molecule has 0 aliphatic carbocycles. The number of pyridine rings is 1. The van der Waals surface area contributed by atoms with Crippen molar-refractivity contribution in [3.63, 3.8) is 0 Å². The quantitative estimate of drug-likeness (QED) is 0.916. The van der Waals surface area contributed by atoms with Crippen LogP contribution < -0.4 is 10.2 Å². The maximum absolute atomic E-state index is 6.21. The van der Waals surface area contributed by atoms with Gasteiger partial charge in [-0.25, -0.2) is 4.98 Å². The minimum Gasteiger partial charge on any atom is -0.354 e. The van der Waals surface area contributed by atoms with Crippen molar-refractivity contribution < 1.29 is 0 Å². The molecule has 1 N–H and O–H groups in total. The van der Waals surface area contributed by atoms with Gasteiger partial charge in [0.1, 0.15) is 5.82 Å². The molecule has 1 saturated heterocycles. The summed E-state index contributed by atoms with van der Waals surface area (Å²) in [5.41, 5.74) is 1.14. The molecule has 2 rings (SSSR count). The van der Waals surface area contributed by atoms with Gasteiger partial charge in [-0.2, -0.15) is 0 Å². The first-order valence-corrected chi connectivity index (χ1v) is 7.61. The Labute approximate surface area is 121 Å². The molecule has 1 aromatic heterocycles. The molecule has 0 saturated carbocycles. The zero-order valence-electron chi connectivity index (χ0n) is 12.1. The number of nitrogens with zero attached hydrogens (tertiary/aromatic N) is 2. The first-order valence-electron chi connectivity index (χ1n) is 7.23. The van der Waals surface area contributed by atoms with Crippen molar-refractivity contribution in [1.82, 2.24) is 10.3 Å². The van der Waals surface area contributed by atoms with Gasteiger partial charge in [-0.3, -0.25) is 0 Å². The average molecular weight is 282 g/mol. The lowest BCUT2D eigenvalue weighted by atomic mass is 9.95. The van der Waals surface area contributed by atoms with Gasteiger partial charge < -0.3 is 10.2 Å². The Morgan fingerprint density at radius 2 is 2.21 bits per heavy atom. The van der Waals surface area contributed by atoms with Crippen molar-refractivity contribution >= 4 is 17.4 Å². The zero-order chi connectivity index (χ0) is 13.8. The predicted octanol–water partition coefficient (Wildman–Crippen LogP) is 3.47. The van der Waals surface area contributed by atoms with E-state index in [4.69, 9.17) is 11.6 Å². The van der Waals surface area contributed by atoms with E-state index in [1.165, 1.54) is 12.8 Å². The Hall–Kier alpha value is -0.800. The summed E-state index contributed by atoms with van der Waals surface area (Å²) >= 11 is 6.21. The summed E-state index contributed by atoms with van der Waals surface area (Å²) < 4.78 is 0. The van der Waals surface area contributed by atoms with Gasteiger partial charge in [-0.15, -0.1) is 0 Å². The maximum Gasteiger partial charge on any atom is 0.129 e. The lowest BCUT2D eigenvalue weighted by Gasteiger charge is -2.38. The van der Waals surface area contributed by atoms with E-state index in [2.05, 4.69) is 42.0 Å². The van der Waals surface area contributed by atoms with Crippen LogP contribution in [-0.2, 0) is 6.54 Å². The molecule has 19 heavy (non-hydrogen) atoms. The van der Waals surface area contributed by atoms with Crippen LogP contribution in [0.5, 0.6) is 0 Å². The van der Waals surface area contributed by atoms with E-state index >= 15 is 0 Å². The smallest absolute Gasteiger partial charge is 0.129 e. The monoisotopic (exact) mass is 281 g/mol. The van der Waals surface area contributed by atoms with Crippen molar-refractivity contribution in [2.24, 2.45) is 5.92 Å². The number of aromatic nitrogens is 1. The molecule has 1 aromatic rings. The van der Waals surface area contributed by atoms with Gasteiger partial charge in [0.25, 0.3) is 0 Å². The summed E-state index contributed by atoms with van der Waals surface area (Å²) in [6, 6.07) is 2.70. The highest BCUT2D eigenvalue weighted by Gasteiger charge is 2.24. The van der Waals surface area contributed by atoms with Crippen LogP contribution in [0.2, 0.25) is 5.02 Å². The fraction of sp³-hybridized carbons (Fsp3) is 0.667. The summed E-state index contributed by atoms with van der Waals surface area (Å²) in [5, 5.41) is 4.08. The Kier molecular flexibility index (Phi) is 5.06. The predicted molar refractivity (Wildman–Crippen MR) is 81.8 cm³/mol. The van der Waals surface area contributed by atoms with Gasteiger partial charge in [0, 0.05) is 25.3 Å². The first-order chi connectivity index (χ1) is 9.11. The van der Waals surface area contributed by atoms with Crippen LogP contribution in [0.4, 0.5) is 5.82 Å². The molecule has 2 heterocycles. The number of nitrogens with one attached hydrogen (secondary N) is 1. The second-order valence-corrected chi connectivity index (χ2v) is 6.01. The van der Waals surface area contributed by atoms with Gasteiger partial charge in [0.15, 0.2) is 0 Å². The third-order valence-electron chi connectivity index (χ3n) is 3.90. The van der Waals surface area contributed by atoms with E-state index in [9.17, 15) is 0 Å². The first kappa shape index (κ1) is 14.6. The van der Waals surface area contributed by atoms with Crippen molar-refractivity contribution in [3.05, 3.63) is 22.8 Å². The van der Waals surface area contributed by atoms with Crippen LogP contribution in [0.25, 0.3) is 0 Å². The van der Waals surface area contributed by atoms with Crippen LogP contribution >= 0.6 is 11.6 Å². The largest absolute Gasteiger partial charge is 0.354 e. The van der Waals surface area contributed by atoms with E-state index in [1.54, 1.807) is 6.20 Å². The van der Waals surface area contributed by atoms with Crippen LogP contribution in [0.3, 0.4) is 0 Å². The van der Waals surface area contributed by atoms with E-state index in [0.717, 1.165) is 42.0 Å². The Morgan fingerprint density at radius 1 is 1.42 bits per heavy atom. The Morgan fingerprint density at radius 3 is 2.95 bits per heavy atom. The summed E-state index contributed by atoms with van der Waals surface area (Å²) in [5.74, 6) is 1.81. The third-order valence-corrected chi connectivity index (χ3v) is 4.24. The molecular weight excluding hydrogens is 258 g/mol. The van der Waals surface area contributed by atoms with Crippen LogP contribution in [0.15, 0.2) is 12.3 Å². The second kappa shape index (κ2) is 6.58. The van der Waals surface area contributed by atoms with Crippen molar-refractivity contribution in [2.75, 3.05) is 18.0 Å². The topological polar surface area (TPSA) is 28.2 Å². The molecular formula is C15H24ClN3. The molecule has 106 valence electrons. The lowest BCUT2D eigenvalue weighted by Crippen LogP contribution is -2.41. The second-order valence-electron chi connectivity index (χ2n) is 5.60. The highest BCUT2D eigenvalue weighted by Crippen LogP contribution is 2.28. The van der Waals surface area contributed by atoms with Gasteiger partial charge in [0.2, 0.25) is 0 Å². The number of rotatable bonds is 4. The maximum atomic E-state index is 6.21. The standard InChI is InChI=1S/C15H24ClN3/c1-4-17-8-13-7-15(18-9-14(13)16)19-10-11(2)5-6-12(19)3/h7,9,11-12,17H,4-6,8,10H2,1-3H3. The van der Waals surface area contributed by atoms with Crippen LogP contribution in [-0.4, -0.2) is 24.1 Å². The van der Waals surface area contributed by atoms with Gasteiger partial charge >= 0.3 is 0 Å². The molecule has 2 atom stereocenters. The summed E-state index contributed by atoms with van der Waals surface area (Å²) in [4.78, 5) is 6.94. The van der Waals surface area contributed by atoms with E-state index < -0.39 is 0 Å². The van der Waals surface area contributed by atoms with Gasteiger partial charge in [-0.1, -0.05) is 25.4 Å². The number of hydrogen-bond acceptors (Lipinski definition) is 3. The van der Waals surface area contributed by atoms with Gasteiger partial charge in [-0.05, 0) is 43.9 Å². The molecule has 1 aliphatic rings. The minimum absolute atomic E-state index is 0.567. The van der Waals surface area contributed by atoms with Gasteiger partial charge in [0.05, 0.1) is 5.02 Å². The third kappa shape index (κ3) is 3.61. The minimum atomic E-state index is 0.567. The molecule has 0 bridgehead atoms. The van der Waals surface area contributed by atoms with Crippen molar-refractivity contribution in [1.29, 1.82) is 0 Å². The number of halogens is 1. The normalized spacial score (nSPS) is 23.7. The molecule has 0 amide bonds. The number of hydrogen-bond donors (Lipinski definition) is 1. The van der Waals surface area contributed by atoms with Crippen LogP contribution in [0, 0.1) is 5.92 Å². The SMILES string of the molecule is CCNCc1cc(N2CC(C)CCC2C)ncc1Cl. The zero-order valence-corrected chi connectivity index (χ0v) is 12.9. The van der Waals surface area contributed by atoms with Crippen LogP contribution in [0.1, 0.15) is 39.2 Å². The number of piperidine rings is 1. The highest BCUT2D eigenvalue weighted by atomic mass is 35.5. The van der Waals surface area contributed by atoms with Crippen molar-refractivity contribution in [2.45, 2.75) is 46.2 Å². The molecule has 2 unspecified atom stereocenters. The van der Waals surface area contributed by atoms with E-state index in [0.29, 0.717) is 6.04 Å². The van der Waals surface area contributed by atoms with Crippen molar-refractivity contribution in [3.8, 4) is 0 Å². The fourth-order valence-corrected chi connectivity index (χ4v) is 2.80. The molecule has 4 heteroatoms. The summed E-state index contributed by atoms with van der Waals surface area (Å²) in [7, 11) is 0. The fourth-order valence-electron chi connectivity index (χ4n) is 2.63. The number of anilines is 1. The molecule has 0 spiro atoms. The lowest BCUT2D eigenvalue weighted by molar-refractivity contribution is 0.388. The molecule has 1 fully saturated rings. The molecule has 3 nitrogen and oxygen atoms in total. The Balaban J connectivity index is 2.19. The summed E-state index contributed by atoms with van der Waals surface area (Å²) in [6.07, 6.45) is 4.35. The molecule has 0 radical (unpaired) electrons. The average Bonchev–Trinajstić information content (AvgIpc) is 2.41. The molecule has 1 aliphatic heterocycles. The molecule has 0 aromatic carbocycles. The highest BCUT2D eigenvalue weighted by molar-refractivity contribution is 6.31. The summed E-state index contributed by atoms with van der Waals surface area (Å²) in [6.45, 7) is 9.55. The van der Waals surface area contributed by atoms with E-state index in [-0.39, 0.29) is 0 Å². The Bertz CT molecular complexity index is 422.